The Morgan fingerprint density at radius 3 is 2.85 bits per heavy atom. The summed E-state index contributed by atoms with van der Waals surface area (Å²) in [4.78, 5) is 6.11. The molecule has 1 saturated carbocycles. The number of rotatable bonds is 6. The van der Waals surface area contributed by atoms with Gasteiger partial charge in [-0.1, -0.05) is 13.3 Å². The van der Waals surface area contributed by atoms with Crippen LogP contribution >= 0.6 is 11.3 Å². The van der Waals surface area contributed by atoms with Crippen LogP contribution in [-0.4, -0.2) is 26.3 Å². The second-order valence-corrected chi connectivity index (χ2v) is 6.84. The number of aromatic nitrogens is 1. The second-order valence-electron chi connectivity index (χ2n) is 5.75. The van der Waals surface area contributed by atoms with Crippen molar-refractivity contribution in [2.45, 2.75) is 51.4 Å². The molecule has 1 fully saturated rings. The van der Waals surface area contributed by atoms with Crippen molar-refractivity contribution in [1.29, 1.82) is 0 Å². The van der Waals surface area contributed by atoms with Gasteiger partial charge in [0, 0.05) is 25.6 Å². The van der Waals surface area contributed by atoms with Crippen LogP contribution in [0.25, 0.3) is 0 Å². The zero-order valence-electron chi connectivity index (χ0n) is 13.0. The summed E-state index contributed by atoms with van der Waals surface area (Å²) >= 11 is 1.78. The maximum atomic E-state index is 5.95. The van der Waals surface area contributed by atoms with Gasteiger partial charge < -0.3 is 14.8 Å². The van der Waals surface area contributed by atoms with E-state index in [9.17, 15) is 0 Å². The molecule has 0 radical (unpaired) electrons. The van der Waals surface area contributed by atoms with E-state index in [0.29, 0.717) is 12.5 Å². The predicted octanol–water partition coefficient (Wildman–Crippen LogP) is 3.06. The van der Waals surface area contributed by atoms with Crippen LogP contribution in [0.3, 0.4) is 0 Å². The lowest BCUT2D eigenvalue weighted by atomic mass is 9.79. The number of hydrogen-bond acceptors (Lipinski definition) is 5. The van der Waals surface area contributed by atoms with E-state index in [-0.39, 0.29) is 5.60 Å². The molecule has 1 N–H and O–H groups in total. The van der Waals surface area contributed by atoms with Gasteiger partial charge in [0.05, 0.1) is 12.3 Å². The molecule has 0 amide bonds. The van der Waals surface area contributed by atoms with Crippen LogP contribution in [0, 0.1) is 5.92 Å². The first kappa shape index (κ1) is 15.9. The van der Waals surface area contributed by atoms with Crippen LogP contribution in [0.2, 0.25) is 0 Å². The van der Waals surface area contributed by atoms with Crippen LogP contribution in [0.4, 0.5) is 0 Å². The predicted molar refractivity (Wildman–Crippen MR) is 81.9 cm³/mol. The number of thiazole rings is 1. The molecule has 1 aromatic rings. The Kier molecular flexibility index (Phi) is 5.55. The standard InChI is InChI=1S/C15H26N2O2S/c1-11-6-5-7-15(8-11,19-4)14-17-12(10-18-3)13(20-14)9-16-2/h11,16H,5-10H2,1-4H3. The van der Waals surface area contributed by atoms with Crippen molar-refractivity contribution in [3.05, 3.63) is 15.6 Å². The highest BCUT2D eigenvalue weighted by molar-refractivity contribution is 7.11. The number of nitrogens with one attached hydrogen (secondary N) is 1. The Morgan fingerprint density at radius 2 is 2.25 bits per heavy atom. The molecular weight excluding hydrogens is 272 g/mol. The molecule has 4 nitrogen and oxygen atoms in total. The van der Waals surface area contributed by atoms with Gasteiger partial charge in [-0.05, 0) is 32.2 Å². The zero-order chi connectivity index (χ0) is 14.6. The van der Waals surface area contributed by atoms with Gasteiger partial charge in [-0.15, -0.1) is 11.3 Å². The number of hydrogen-bond donors (Lipinski definition) is 1. The molecule has 1 heterocycles. The van der Waals surface area contributed by atoms with Crippen LogP contribution in [0.15, 0.2) is 0 Å². The molecule has 2 atom stereocenters. The Balaban J connectivity index is 2.31. The van der Waals surface area contributed by atoms with Gasteiger partial charge in [0.25, 0.3) is 0 Å². The fourth-order valence-electron chi connectivity index (χ4n) is 3.10. The topological polar surface area (TPSA) is 43.4 Å². The maximum Gasteiger partial charge on any atom is 0.125 e. The summed E-state index contributed by atoms with van der Waals surface area (Å²) < 4.78 is 11.2. The smallest absolute Gasteiger partial charge is 0.125 e. The third-order valence-corrected chi connectivity index (χ3v) is 5.42. The largest absolute Gasteiger partial charge is 0.378 e. The lowest BCUT2D eigenvalue weighted by Crippen LogP contribution is -2.34. The van der Waals surface area contributed by atoms with Crippen LogP contribution in [0.5, 0.6) is 0 Å². The summed E-state index contributed by atoms with van der Waals surface area (Å²) in [6.45, 7) is 3.72. The van der Waals surface area contributed by atoms with Gasteiger partial charge in [-0.25, -0.2) is 4.98 Å². The average molecular weight is 298 g/mol. The fraction of sp³-hybridized carbons (Fsp3) is 0.800. The third kappa shape index (κ3) is 3.22. The maximum absolute atomic E-state index is 5.95. The van der Waals surface area contributed by atoms with Crippen molar-refractivity contribution in [1.82, 2.24) is 10.3 Å². The monoisotopic (exact) mass is 298 g/mol. The summed E-state index contributed by atoms with van der Waals surface area (Å²) in [6.07, 6.45) is 4.66. The zero-order valence-corrected chi connectivity index (χ0v) is 13.8. The second kappa shape index (κ2) is 6.98. The van der Waals surface area contributed by atoms with Crippen LogP contribution in [-0.2, 0) is 28.2 Å². The first-order chi connectivity index (χ1) is 9.65. The van der Waals surface area contributed by atoms with Crippen molar-refractivity contribution in [2.75, 3.05) is 21.3 Å². The van der Waals surface area contributed by atoms with Gasteiger partial charge in [0.1, 0.15) is 10.6 Å². The minimum Gasteiger partial charge on any atom is -0.378 e. The van der Waals surface area contributed by atoms with Gasteiger partial charge in [0.2, 0.25) is 0 Å². The first-order valence-electron chi connectivity index (χ1n) is 7.33. The molecular formula is C15H26N2O2S. The van der Waals surface area contributed by atoms with E-state index in [1.807, 2.05) is 14.2 Å². The SMILES string of the molecule is CNCc1sc(C2(OC)CCCC(C)C2)nc1COC. The fourth-order valence-corrected chi connectivity index (χ4v) is 4.38. The Hall–Kier alpha value is -0.490. The minimum absolute atomic E-state index is 0.184. The van der Waals surface area contributed by atoms with E-state index >= 15 is 0 Å². The number of nitrogens with zero attached hydrogens (tertiary/aromatic N) is 1. The van der Waals surface area contributed by atoms with E-state index < -0.39 is 0 Å². The van der Waals surface area contributed by atoms with Crippen molar-refractivity contribution in [3.8, 4) is 0 Å². The van der Waals surface area contributed by atoms with Crippen molar-refractivity contribution < 1.29 is 9.47 Å². The van der Waals surface area contributed by atoms with E-state index in [4.69, 9.17) is 14.5 Å². The van der Waals surface area contributed by atoms with E-state index in [1.165, 1.54) is 17.7 Å². The first-order valence-corrected chi connectivity index (χ1v) is 8.14. The highest BCUT2D eigenvalue weighted by atomic mass is 32.1. The molecule has 1 aliphatic rings. The van der Waals surface area contributed by atoms with Crippen LogP contribution in [0.1, 0.15) is 48.2 Å². The Bertz CT molecular complexity index is 412. The summed E-state index contributed by atoms with van der Waals surface area (Å²) in [5.74, 6) is 0.700. The highest BCUT2D eigenvalue weighted by Crippen LogP contribution is 2.44. The molecule has 114 valence electrons. The number of methoxy groups -OCH3 is 2. The van der Waals surface area contributed by atoms with E-state index in [1.54, 1.807) is 18.4 Å². The van der Waals surface area contributed by atoms with Crippen LogP contribution < -0.4 is 5.32 Å². The van der Waals surface area contributed by atoms with E-state index in [0.717, 1.165) is 30.1 Å². The molecule has 1 aliphatic carbocycles. The molecule has 1 aromatic heterocycles. The Labute approximate surface area is 125 Å². The molecule has 0 aliphatic heterocycles. The summed E-state index contributed by atoms with van der Waals surface area (Å²) in [6, 6.07) is 0. The average Bonchev–Trinajstić information content (AvgIpc) is 2.83. The number of ether oxygens (including phenoxy) is 2. The molecule has 0 aromatic carbocycles. The highest BCUT2D eigenvalue weighted by Gasteiger charge is 2.39. The van der Waals surface area contributed by atoms with Crippen molar-refractivity contribution in [2.24, 2.45) is 5.92 Å². The molecule has 0 saturated heterocycles. The van der Waals surface area contributed by atoms with Crippen molar-refractivity contribution in [3.63, 3.8) is 0 Å². The molecule has 0 bridgehead atoms. The molecule has 5 heteroatoms. The van der Waals surface area contributed by atoms with Gasteiger partial charge in [-0.2, -0.15) is 0 Å². The quantitative estimate of drug-likeness (QED) is 0.876. The lowest BCUT2D eigenvalue weighted by molar-refractivity contribution is -0.0582. The van der Waals surface area contributed by atoms with Gasteiger partial charge >= 0.3 is 0 Å². The molecule has 0 spiro atoms. The molecule has 2 unspecified atom stereocenters. The molecule has 2 rings (SSSR count). The van der Waals surface area contributed by atoms with E-state index in [2.05, 4.69) is 12.2 Å². The normalized spacial score (nSPS) is 26.9. The van der Waals surface area contributed by atoms with Gasteiger partial charge in [-0.3, -0.25) is 0 Å². The molecule has 20 heavy (non-hydrogen) atoms. The summed E-state index contributed by atoms with van der Waals surface area (Å²) in [7, 11) is 5.51. The lowest BCUT2D eigenvalue weighted by Gasteiger charge is -2.37. The summed E-state index contributed by atoms with van der Waals surface area (Å²) in [5.41, 5.74) is 0.869. The van der Waals surface area contributed by atoms with Crippen molar-refractivity contribution >= 4 is 11.3 Å². The Morgan fingerprint density at radius 1 is 1.45 bits per heavy atom. The summed E-state index contributed by atoms with van der Waals surface area (Å²) in [5, 5.41) is 4.34. The van der Waals surface area contributed by atoms with Gasteiger partial charge in [0.15, 0.2) is 0 Å². The third-order valence-electron chi connectivity index (χ3n) is 4.13. The minimum atomic E-state index is -0.184.